The number of hydrogen-bond donors (Lipinski definition) is 1. The summed E-state index contributed by atoms with van der Waals surface area (Å²) in [4.78, 5) is 24.3. The van der Waals surface area contributed by atoms with Gasteiger partial charge in [0.1, 0.15) is 6.61 Å². The Morgan fingerprint density at radius 3 is 1.19 bits per heavy atom. The molecule has 0 bridgehead atoms. The maximum Gasteiger partial charge on any atom is 0.306 e. The van der Waals surface area contributed by atoms with Gasteiger partial charge in [-0.05, 0) is 57.8 Å². The van der Waals surface area contributed by atoms with Crippen LogP contribution in [-0.4, -0.2) is 36.4 Å². The Kier molecular flexibility index (Phi) is 41.5. The highest BCUT2D eigenvalue weighted by molar-refractivity contribution is 5.70. The summed E-state index contributed by atoms with van der Waals surface area (Å²) < 4.78 is 10.6. The quantitative estimate of drug-likeness (QED) is 0.0386. The van der Waals surface area contributed by atoms with E-state index in [1.807, 2.05) is 0 Å². The fourth-order valence-electron chi connectivity index (χ4n) is 6.24. The molecular weight excluding hydrogens is 645 g/mol. The Hall–Kier alpha value is -2.14. The molecule has 0 unspecified atom stereocenters. The van der Waals surface area contributed by atoms with Crippen molar-refractivity contribution < 1.29 is 24.2 Å². The average molecular weight is 729 g/mol. The molecule has 0 radical (unpaired) electrons. The molecule has 0 heterocycles. The first-order valence-electron chi connectivity index (χ1n) is 22.2. The van der Waals surface area contributed by atoms with Gasteiger partial charge in [0.05, 0.1) is 6.61 Å². The molecule has 0 aliphatic carbocycles. The van der Waals surface area contributed by atoms with E-state index in [1.54, 1.807) is 0 Å². The van der Waals surface area contributed by atoms with Crippen LogP contribution in [0.5, 0.6) is 0 Å². The molecule has 1 N–H and O–H groups in total. The number of unbranched alkanes of at least 4 members (excludes halogenated alkanes) is 24. The van der Waals surface area contributed by atoms with Gasteiger partial charge < -0.3 is 14.6 Å². The van der Waals surface area contributed by atoms with Gasteiger partial charge in [-0.2, -0.15) is 0 Å². The highest BCUT2D eigenvalue weighted by atomic mass is 16.6. The van der Waals surface area contributed by atoms with Crippen LogP contribution in [0.4, 0.5) is 0 Å². The molecule has 0 fully saturated rings. The number of rotatable bonds is 40. The number of aliphatic hydroxyl groups excluding tert-OH is 1. The minimum absolute atomic E-state index is 0.0809. The Bertz CT molecular complexity index is 873. The summed E-state index contributed by atoms with van der Waals surface area (Å²) in [5.41, 5.74) is 0. The molecule has 0 aromatic carbocycles. The zero-order valence-electron chi connectivity index (χ0n) is 34.3. The fourth-order valence-corrected chi connectivity index (χ4v) is 6.24. The third-order valence-corrected chi connectivity index (χ3v) is 9.63. The summed E-state index contributed by atoms with van der Waals surface area (Å²) in [5.74, 6) is -0.620. The molecule has 0 aliphatic heterocycles. The van der Waals surface area contributed by atoms with Crippen LogP contribution in [-0.2, 0) is 19.1 Å². The third kappa shape index (κ3) is 40.6. The maximum atomic E-state index is 12.2. The van der Waals surface area contributed by atoms with Crippen molar-refractivity contribution in [2.24, 2.45) is 0 Å². The van der Waals surface area contributed by atoms with Crippen LogP contribution in [0.15, 0.2) is 48.6 Å². The van der Waals surface area contributed by atoms with Gasteiger partial charge >= 0.3 is 11.9 Å². The Balaban J connectivity index is 3.58. The summed E-state index contributed by atoms with van der Waals surface area (Å²) >= 11 is 0. The summed E-state index contributed by atoms with van der Waals surface area (Å²) in [5, 5.41) is 9.58. The monoisotopic (exact) mass is 729 g/mol. The fraction of sp³-hybridized carbons (Fsp3) is 0.787. The molecule has 0 aliphatic rings. The second-order valence-corrected chi connectivity index (χ2v) is 14.8. The van der Waals surface area contributed by atoms with E-state index in [0.29, 0.717) is 12.8 Å². The summed E-state index contributed by atoms with van der Waals surface area (Å²) in [6.45, 7) is 4.10. The van der Waals surface area contributed by atoms with Gasteiger partial charge in [-0.15, -0.1) is 0 Å². The predicted octanol–water partition coefficient (Wildman–Crippen LogP) is 14.2. The van der Waals surface area contributed by atoms with Crippen molar-refractivity contribution >= 4 is 11.9 Å². The highest BCUT2D eigenvalue weighted by Crippen LogP contribution is 2.15. The molecular formula is C47H84O5. The van der Waals surface area contributed by atoms with Crippen molar-refractivity contribution in [3.05, 3.63) is 48.6 Å². The van der Waals surface area contributed by atoms with Crippen LogP contribution < -0.4 is 0 Å². The number of allylic oxidation sites excluding steroid dienone is 8. The largest absolute Gasteiger partial charge is 0.462 e. The molecule has 0 aromatic rings. The maximum absolute atomic E-state index is 12.2. The normalized spacial score (nSPS) is 12.6. The topological polar surface area (TPSA) is 72.8 Å². The van der Waals surface area contributed by atoms with Gasteiger partial charge in [-0.1, -0.05) is 197 Å². The lowest BCUT2D eigenvalue weighted by Gasteiger charge is -2.15. The smallest absolute Gasteiger partial charge is 0.306 e. The number of aliphatic hydroxyl groups is 1. The summed E-state index contributed by atoms with van der Waals surface area (Å²) in [6, 6.07) is 0. The van der Waals surface area contributed by atoms with E-state index in [-0.39, 0.29) is 25.2 Å². The van der Waals surface area contributed by atoms with Crippen molar-refractivity contribution in [2.75, 3.05) is 13.2 Å². The minimum Gasteiger partial charge on any atom is -0.462 e. The molecule has 0 spiro atoms. The molecule has 5 nitrogen and oxygen atoms in total. The second kappa shape index (κ2) is 43.3. The van der Waals surface area contributed by atoms with E-state index >= 15 is 0 Å². The Morgan fingerprint density at radius 2 is 0.769 bits per heavy atom. The number of carbonyl (C=O) groups is 2. The zero-order valence-corrected chi connectivity index (χ0v) is 34.3. The van der Waals surface area contributed by atoms with Gasteiger partial charge in [0, 0.05) is 12.8 Å². The van der Waals surface area contributed by atoms with E-state index < -0.39 is 6.10 Å². The zero-order chi connectivity index (χ0) is 37.8. The SMILES string of the molecule is CCCCC/C=C/C/C=C/C/C=C/C/C=C/CCCCCC(=O)OC[C@H](CO)OC(=O)CCCCCCCCCCCCCCCCCCCCC. The molecule has 0 saturated carbocycles. The number of hydrogen-bond acceptors (Lipinski definition) is 5. The lowest BCUT2D eigenvalue weighted by molar-refractivity contribution is -0.161. The average Bonchev–Trinajstić information content (AvgIpc) is 3.15. The lowest BCUT2D eigenvalue weighted by atomic mass is 10.0. The van der Waals surface area contributed by atoms with Gasteiger partial charge in [0.15, 0.2) is 6.10 Å². The second-order valence-electron chi connectivity index (χ2n) is 14.8. The van der Waals surface area contributed by atoms with Crippen LogP contribution in [0.2, 0.25) is 0 Å². The van der Waals surface area contributed by atoms with Crippen LogP contribution >= 0.6 is 0 Å². The van der Waals surface area contributed by atoms with Gasteiger partial charge in [0.2, 0.25) is 0 Å². The molecule has 52 heavy (non-hydrogen) atoms. The molecule has 302 valence electrons. The summed E-state index contributed by atoms with van der Waals surface area (Å²) in [6.07, 6.45) is 54.7. The van der Waals surface area contributed by atoms with Crippen LogP contribution in [0.25, 0.3) is 0 Å². The first kappa shape index (κ1) is 49.9. The first-order valence-corrected chi connectivity index (χ1v) is 22.2. The number of carbonyl (C=O) groups excluding carboxylic acids is 2. The van der Waals surface area contributed by atoms with E-state index in [2.05, 4.69) is 62.5 Å². The minimum atomic E-state index is -0.783. The van der Waals surface area contributed by atoms with E-state index in [0.717, 1.165) is 64.2 Å². The van der Waals surface area contributed by atoms with E-state index in [4.69, 9.17) is 9.47 Å². The Morgan fingerprint density at radius 1 is 0.442 bits per heavy atom. The summed E-state index contributed by atoms with van der Waals surface area (Å²) in [7, 11) is 0. The Labute approximate surface area is 322 Å². The van der Waals surface area contributed by atoms with Gasteiger partial charge in [-0.3, -0.25) is 9.59 Å². The predicted molar refractivity (Wildman–Crippen MR) is 224 cm³/mol. The van der Waals surface area contributed by atoms with Crippen molar-refractivity contribution in [3.8, 4) is 0 Å². The number of esters is 2. The van der Waals surface area contributed by atoms with Crippen molar-refractivity contribution in [1.82, 2.24) is 0 Å². The van der Waals surface area contributed by atoms with Gasteiger partial charge in [0.25, 0.3) is 0 Å². The van der Waals surface area contributed by atoms with Crippen LogP contribution in [0, 0.1) is 0 Å². The highest BCUT2D eigenvalue weighted by Gasteiger charge is 2.16. The molecule has 0 rings (SSSR count). The van der Waals surface area contributed by atoms with Crippen molar-refractivity contribution in [2.45, 2.75) is 225 Å². The van der Waals surface area contributed by atoms with Crippen LogP contribution in [0.1, 0.15) is 219 Å². The third-order valence-electron chi connectivity index (χ3n) is 9.63. The van der Waals surface area contributed by atoms with Crippen molar-refractivity contribution in [1.29, 1.82) is 0 Å². The van der Waals surface area contributed by atoms with E-state index in [1.165, 1.54) is 128 Å². The van der Waals surface area contributed by atoms with E-state index in [9.17, 15) is 14.7 Å². The van der Waals surface area contributed by atoms with Crippen LogP contribution in [0.3, 0.4) is 0 Å². The van der Waals surface area contributed by atoms with Gasteiger partial charge in [-0.25, -0.2) is 0 Å². The molecule has 5 heteroatoms. The lowest BCUT2D eigenvalue weighted by Crippen LogP contribution is -2.28. The molecule has 0 amide bonds. The molecule has 0 saturated heterocycles. The van der Waals surface area contributed by atoms with Crippen molar-refractivity contribution in [3.63, 3.8) is 0 Å². The standard InChI is InChI=1S/C47H84O5/c1-3-5-7-9-11-13-15-17-19-21-23-25-27-29-31-33-35-37-39-41-46(49)51-44-45(43-48)52-47(50)42-40-38-36-34-32-30-28-26-24-22-20-18-16-14-12-10-8-6-4-2/h11,13,17,19,23,25,29,31,45,48H,3-10,12,14-16,18,20-22,24,26-28,30,32-44H2,1-2H3/b13-11+,19-17+,25-23+,31-29+/t45-/m0/s1. The first-order chi connectivity index (χ1) is 25.6. The molecule has 0 aromatic heterocycles. The molecule has 1 atom stereocenters. The number of ether oxygens (including phenoxy) is 2.